The molecule has 4 bridgehead atoms. The molecule has 1 aromatic heterocycles. The molecule has 3 aromatic rings. The van der Waals surface area contributed by atoms with Gasteiger partial charge in [-0.05, 0) is 61.9 Å². The molecule has 1 fully saturated rings. The molecule has 1 unspecified atom stereocenters. The molecule has 0 radical (unpaired) electrons. The van der Waals surface area contributed by atoms with Crippen molar-refractivity contribution < 1.29 is 22.7 Å². The van der Waals surface area contributed by atoms with Crippen LogP contribution in [0.1, 0.15) is 48.2 Å². The number of hydrogen-bond acceptors (Lipinski definition) is 7. The first-order valence-electron chi connectivity index (χ1n) is 13.7. The smallest absolute Gasteiger partial charge is 0.264 e. The zero-order valence-corrected chi connectivity index (χ0v) is 24.2. The van der Waals surface area contributed by atoms with Crippen molar-refractivity contribution in [1.82, 2.24) is 14.9 Å². The number of hydrogen-bond donors (Lipinski definition) is 1. The second-order valence-electron chi connectivity index (χ2n) is 11.1. The molecule has 3 heterocycles. The van der Waals surface area contributed by atoms with Gasteiger partial charge in [-0.3, -0.25) is 4.79 Å². The van der Waals surface area contributed by atoms with Crippen molar-refractivity contribution in [3.05, 3.63) is 65.2 Å². The van der Waals surface area contributed by atoms with E-state index in [0.717, 1.165) is 23.1 Å². The van der Waals surface area contributed by atoms with Gasteiger partial charge in [-0.1, -0.05) is 38.1 Å². The molecule has 5 rings (SSSR count). The summed E-state index contributed by atoms with van der Waals surface area (Å²) in [6.45, 7) is 10.1. The predicted molar refractivity (Wildman–Crippen MR) is 153 cm³/mol. The van der Waals surface area contributed by atoms with E-state index in [1.807, 2.05) is 36.9 Å². The average Bonchev–Trinajstić information content (AvgIpc) is 3.42. The van der Waals surface area contributed by atoms with Gasteiger partial charge in [0.05, 0.1) is 23.2 Å². The van der Waals surface area contributed by atoms with Crippen LogP contribution in [0.25, 0.3) is 11.3 Å². The molecule has 2 aliphatic rings. The maximum atomic E-state index is 14.0. The third-order valence-corrected chi connectivity index (χ3v) is 8.73. The van der Waals surface area contributed by atoms with Crippen molar-refractivity contribution in [3.8, 4) is 17.1 Å². The van der Waals surface area contributed by atoms with E-state index >= 15 is 0 Å². The number of sulfonamides is 1. The maximum Gasteiger partial charge on any atom is 0.264 e. The van der Waals surface area contributed by atoms with Gasteiger partial charge >= 0.3 is 0 Å². The van der Waals surface area contributed by atoms with E-state index in [9.17, 15) is 13.2 Å². The fourth-order valence-electron chi connectivity index (χ4n) is 5.45. The van der Waals surface area contributed by atoms with Gasteiger partial charge in [-0.2, -0.15) is 4.98 Å². The molecule has 0 spiro atoms. The number of nitrogens with zero attached hydrogens (tertiary/aromatic N) is 3. The summed E-state index contributed by atoms with van der Waals surface area (Å²) >= 11 is 0. The molecule has 2 aliphatic heterocycles. The van der Waals surface area contributed by atoms with Crippen LogP contribution in [0.15, 0.2) is 53.4 Å². The summed E-state index contributed by atoms with van der Waals surface area (Å²) < 4.78 is 41.3. The maximum absolute atomic E-state index is 14.0. The summed E-state index contributed by atoms with van der Waals surface area (Å²) in [7, 11) is -4.10. The van der Waals surface area contributed by atoms with E-state index in [-0.39, 0.29) is 41.2 Å². The minimum Gasteiger partial charge on any atom is -0.475 e. The van der Waals surface area contributed by atoms with Crippen molar-refractivity contribution in [2.75, 3.05) is 31.1 Å². The highest BCUT2D eigenvalue weighted by Gasteiger charge is 2.31. The third-order valence-electron chi connectivity index (χ3n) is 7.40. The molecule has 10 heteroatoms. The first-order valence-corrected chi connectivity index (χ1v) is 15.2. The molecule has 212 valence electrons. The molecule has 2 atom stereocenters. The summed E-state index contributed by atoms with van der Waals surface area (Å²) in [5.41, 5.74) is 3.74. The Morgan fingerprint density at radius 1 is 1.05 bits per heavy atom. The van der Waals surface area contributed by atoms with Gasteiger partial charge in [0, 0.05) is 36.3 Å². The van der Waals surface area contributed by atoms with E-state index < -0.39 is 10.0 Å². The van der Waals surface area contributed by atoms with Gasteiger partial charge in [0.1, 0.15) is 6.61 Å². The number of carbonyl (C=O) groups is 1. The molecular formula is C30H36N4O5S. The van der Waals surface area contributed by atoms with Crippen molar-refractivity contribution >= 4 is 21.9 Å². The van der Waals surface area contributed by atoms with E-state index in [1.54, 1.807) is 18.2 Å². The molecule has 2 aromatic carbocycles. The van der Waals surface area contributed by atoms with Gasteiger partial charge in [-0.15, -0.1) is 0 Å². The monoisotopic (exact) mass is 564 g/mol. The number of aryl methyl sites for hydroxylation is 2. The van der Waals surface area contributed by atoms with Gasteiger partial charge < -0.3 is 14.4 Å². The number of carbonyl (C=O) groups excluding carboxylic acids is 1. The predicted octanol–water partition coefficient (Wildman–Crippen LogP) is 4.85. The first kappa shape index (κ1) is 28.0. The lowest BCUT2D eigenvalue weighted by Gasteiger charge is -2.34. The lowest BCUT2D eigenvalue weighted by atomic mass is 9.99. The zero-order valence-electron chi connectivity index (χ0n) is 23.4. The Hall–Kier alpha value is -3.50. The van der Waals surface area contributed by atoms with Crippen LogP contribution in [0.4, 0.5) is 5.95 Å². The number of rotatable bonds is 5. The van der Waals surface area contributed by atoms with Crippen LogP contribution in [-0.4, -0.2) is 61.6 Å². The fourth-order valence-corrected chi connectivity index (χ4v) is 6.44. The summed E-state index contributed by atoms with van der Waals surface area (Å²) in [5, 5.41) is 0. The molecular weight excluding hydrogens is 528 g/mol. The number of anilines is 1. The van der Waals surface area contributed by atoms with Crippen LogP contribution in [0.2, 0.25) is 0 Å². The number of benzene rings is 2. The van der Waals surface area contributed by atoms with Crippen LogP contribution in [0, 0.1) is 25.7 Å². The highest BCUT2D eigenvalue weighted by molar-refractivity contribution is 7.92. The minimum atomic E-state index is -4.10. The molecule has 1 N–H and O–H groups in total. The lowest BCUT2D eigenvalue weighted by Crippen LogP contribution is -2.47. The second kappa shape index (κ2) is 11.5. The SMILES string of the molecule is Cc1cccc(C)c1-c1cc2nc(n1)NS(=O)(=O)c1cccc(c1)C(=O)N(CC1CCOC1)[C@H](CC(C)C)CO2. The number of ether oxygens (including phenoxy) is 2. The van der Waals surface area contributed by atoms with Crippen LogP contribution in [0.3, 0.4) is 0 Å². The van der Waals surface area contributed by atoms with Crippen LogP contribution >= 0.6 is 0 Å². The topological polar surface area (TPSA) is 111 Å². The second-order valence-corrected chi connectivity index (χ2v) is 12.8. The summed E-state index contributed by atoms with van der Waals surface area (Å²) in [6, 6.07) is 13.5. The van der Waals surface area contributed by atoms with Crippen molar-refractivity contribution in [1.29, 1.82) is 0 Å². The van der Waals surface area contributed by atoms with Crippen LogP contribution in [0.5, 0.6) is 5.88 Å². The zero-order chi connectivity index (χ0) is 28.4. The summed E-state index contributed by atoms with van der Waals surface area (Å²) in [4.78, 5) is 24.8. The third kappa shape index (κ3) is 6.13. The van der Waals surface area contributed by atoms with Crippen molar-refractivity contribution in [2.24, 2.45) is 11.8 Å². The van der Waals surface area contributed by atoms with E-state index in [1.165, 1.54) is 12.1 Å². The number of nitrogens with one attached hydrogen (secondary N) is 1. The highest BCUT2D eigenvalue weighted by atomic mass is 32.2. The normalized spacial score (nSPS) is 20.7. The van der Waals surface area contributed by atoms with Crippen molar-refractivity contribution in [2.45, 2.75) is 51.5 Å². The Bertz CT molecular complexity index is 1480. The standard InChI is InChI=1S/C30H36N4O5S/c1-19(2)13-24-18-39-27-15-26(28-20(3)7-5-8-21(28)4)31-30(32-27)33-40(36,37)25-10-6-9-23(14-25)29(35)34(24)16-22-11-12-38-17-22/h5-10,14-15,19,22,24H,11-13,16-18H2,1-4H3,(H,31,32,33)/t22?,24-/m1/s1. The molecule has 0 aliphatic carbocycles. The van der Waals surface area contributed by atoms with Gasteiger partial charge in [0.2, 0.25) is 11.8 Å². The molecule has 9 nitrogen and oxygen atoms in total. The van der Waals surface area contributed by atoms with E-state index in [2.05, 4.69) is 28.5 Å². The van der Waals surface area contributed by atoms with Gasteiger partial charge in [-0.25, -0.2) is 18.1 Å². The first-order chi connectivity index (χ1) is 19.1. The Kier molecular flexibility index (Phi) is 8.09. The molecule has 40 heavy (non-hydrogen) atoms. The Balaban J connectivity index is 1.64. The lowest BCUT2D eigenvalue weighted by molar-refractivity contribution is 0.0519. The molecule has 0 saturated carbocycles. The average molecular weight is 565 g/mol. The number of aromatic nitrogens is 2. The number of fused-ring (bicyclic) bond motifs is 4. The van der Waals surface area contributed by atoms with Crippen molar-refractivity contribution in [3.63, 3.8) is 0 Å². The van der Waals surface area contributed by atoms with Gasteiger partial charge in [0.15, 0.2) is 0 Å². The Labute approximate surface area is 236 Å². The molecule has 1 amide bonds. The van der Waals surface area contributed by atoms with Crippen LogP contribution < -0.4 is 9.46 Å². The Morgan fingerprint density at radius 2 is 1.80 bits per heavy atom. The fraction of sp³-hybridized carbons (Fsp3) is 0.433. The molecule has 1 saturated heterocycles. The van der Waals surface area contributed by atoms with Crippen LogP contribution in [-0.2, 0) is 14.8 Å². The van der Waals surface area contributed by atoms with E-state index in [4.69, 9.17) is 9.47 Å². The summed E-state index contributed by atoms with van der Waals surface area (Å²) in [6.07, 6.45) is 1.57. The highest BCUT2D eigenvalue weighted by Crippen LogP contribution is 2.30. The number of amides is 1. The quantitative estimate of drug-likeness (QED) is 0.472. The largest absolute Gasteiger partial charge is 0.475 e. The van der Waals surface area contributed by atoms with Gasteiger partial charge in [0.25, 0.3) is 15.9 Å². The van der Waals surface area contributed by atoms with E-state index in [0.29, 0.717) is 43.4 Å². The Morgan fingerprint density at radius 3 is 2.50 bits per heavy atom. The summed E-state index contributed by atoms with van der Waals surface area (Å²) in [5.74, 6) is 0.405. The minimum absolute atomic E-state index is 0.0364.